The highest BCUT2D eigenvalue weighted by Crippen LogP contribution is 2.44. The smallest absolute Gasteiger partial charge is 0.268 e. The average Bonchev–Trinajstić information content (AvgIpc) is 3.21. The molecular weight excluding hydrogens is 424 g/mol. The van der Waals surface area contributed by atoms with E-state index in [1.165, 1.54) is 16.2 Å². The van der Waals surface area contributed by atoms with Crippen molar-refractivity contribution in [1.82, 2.24) is 4.98 Å². The Labute approximate surface area is 191 Å². The molecule has 1 aliphatic rings. The van der Waals surface area contributed by atoms with Crippen LogP contribution in [0, 0.1) is 43.4 Å². The standard InChI is InChI=1S/C24H28N4OS2/c1-11-12(2)18-19(26)20(31-23(18)27-13(11)3)21(29)28-22-16(10-25)15-8-7-14(24(4,5)6)9-17(15)30-22/h14H,7-9,26H2,1-6H3,(H,28,29). The van der Waals surface area contributed by atoms with Crippen molar-refractivity contribution in [2.45, 2.75) is 60.8 Å². The Hall–Kier alpha value is -2.43. The first-order valence-corrected chi connectivity index (χ1v) is 12.2. The van der Waals surface area contributed by atoms with Crippen LogP contribution in [0.4, 0.5) is 10.7 Å². The normalized spacial score (nSPS) is 16.2. The lowest BCUT2D eigenvalue weighted by molar-refractivity contribution is 0.103. The number of fused-ring (bicyclic) bond motifs is 2. The second kappa shape index (κ2) is 7.61. The van der Waals surface area contributed by atoms with Crippen molar-refractivity contribution in [2.24, 2.45) is 11.3 Å². The molecule has 0 bridgehead atoms. The first-order valence-electron chi connectivity index (χ1n) is 10.5. The third kappa shape index (κ3) is 3.62. The molecule has 0 aliphatic heterocycles. The van der Waals surface area contributed by atoms with Crippen LogP contribution in [0.25, 0.3) is 10.2 Å². The number of nitrogens with two attached hydrogens (primary N) is 1. The van der Waals surface area contributed by atoms with Gasteiger partial charge in [-0.05, 0) is 68.1 Å². The summed E-state index contributed by atoms with van der Waals surface area (Å²) in [7, 11) is 0. The number of nitrogens with zero attached hydrogens (tertiary/aromatic N) is 2. The minimum absolute atomic E-state index is 0.227. The molecule has 3 aromatic heterocycles. The molecule has 1 atom stereocenters. The molecule has 3 N–H and O–H groups in total. The number of nitrogen functional groups attached to an aromatic ring is 1. The van der Waals surface area contributed by atoms with Gasteiger partial charge in [0, 0.05) is 16.0 Å². The molecule has 1 aliphatic carbocycles. The molecule has 3 aromatic rings. The maximum absolute atomic E-state index is 13.2. The Bertz CT molecular complexity index is 1250. The van der Waals surface area contributed by atoms with E-state index in [0.29, 0.717) is 27.0 Å². The van der Waals surface area contributed by atoms with Crippen molar-refractivity contribution in [2.75, 3.05) is 11.1 Å². The number of rotatable bonds is 2. The number of hydrogen-bond donors (Lipinski definition) is 2. The third-order valence-electron chi connectivity index (χ3n) is 6.71. The van der Waals surface area contributed by atoms with E-state index in [1.807, 2.05) is 20.8 Å². The quantitative estimate of drug-likeness (QED) is 0.488. The number of pyridine rings is 1. The molecule has 4 rings (SSSR count). The Morgan fingerprint density at radius 2 is 1.94 bits per heavy atom. The highest BCUT2D eigenvalue weighted by Gasteiger charge is 2.32. The number of nitriles is 1. The fraction of sp³-hybridized carbons (Fsp3) is 0.458. The van der Waals surface area contributed by atoms with Crippen LogP contribution in [0.1, 0.15) is 69.7 Å². The van der Waals surface area contributed by atoms with Gasteiger partial charge >= 0.3 is 0 Å². The molecule has 1 unspecified atom stereocenters. The molecule has 31 heavy (non-hydrogen) atoms. The van der Waals surface area contributed by atoms with E-state index >= 15 is 0 Å². The fourth-order valence-electron chi connectivity index (χ4n) is 4.43. The number of carbonyl (C=O) groups is 1. The van der Waals surface area contributed by atoms with Crippen molar-refractivity contribution in [3.05, 3.63) is 37.7 Å². The second-order valence-electron chi connectivity index (χ2n) is 9.55. The molecule has 0 radical (unpaired) electrons. The monoisotopic (exact) mass is 452 g/mol. The topological polar surface area (TPSA) is 91.8 Å². The predicted octanol–water partition coefficient (Wildman–Crippen LogP) is 6.14. The number of hydrogen-bond acceptors (Lipinski definition) is 6. The summed E-state index contributed by atoms with van der Waals surface area (Å²) >= 11 is 2.86. The summed E-state index contributed by atoms with van der Waals surface area (Å²) in [5, 5.41) is 14.3. The van der Waals surface area contributed by atoms with E-state index in [-0.39, 0.29) is 11.3 Å². The van der Waals surface area contributed by atoms with Gasteiger partial charge in [0.25, 0.3) is 5.91 Å². The lowest BCUT2D eigenvalue weighted by Gasteiger charge is -2.33. The Morgan fingerprint density at radius 1 is 1.23 bits per heavy atom. The first-order chi connectivity index (χ1) is 14.5. The molecule has 0 spiro atoms. The van der Waals surface area contributed by atoms with Gasteiger partial charge in [0.15, 0.2) is 0 Å². The maximum atomic E-state index is 13.2. The average molecular weight is 453 g/mol. The van der Waals surface area contributed by atoms with Crippen molar-refractivity contribution in [1.29, 1.82) is 5.26 Å². The molecule has 3 heterocycles. The van der Waals surface area contributed by atoms with Crippen LogP contribution in [0.15, 0.2) is 0 Å². The van der Waals surface area contributed by atoms with Crippen LogP contribution in [0.2, 0.25) is 0 Å². The van der Waals surface area contributed by atoms with Crippen molar-refractivity contribution in [3.8, 4) is 6.07 Å². The van der Waals surface area contributed by atoms with E-state index in [4.69, 9.17) is 5.73 Å². The third-order valence-corrected chi connectivity index (χ3v) is 8.98. The minimum atomic E-state index is -0.266. The molecule has 0 aromatic carbocycles. The zero-order valence-corrected chi connectivity index (χ0v) is 20.5. The number of amides is 1. The van der Waals surface area contributed by atoms with Crippen LogP contribution >= 0.6 is 22.7 Å². The van der Waals surface area contributed by atoms with Gasteiger partial charge in [-0.3, -0.25) is 4.79 Å². The van der Waals surface area contributed by atoms with Crippen LogP contribution < -0.4 is 11.1 Å². The number of carbonyl (C=O) groups excluding carboxylic acids is 1. The summed E-state index contributed by atoms with van der Waals surface area (Å²) in [4.78, 5) is 20.3. The molecule has 0 fully saturated rings. The van der Waals surface area contributed by atoms with Gasteiger partial charge in [0.05, 0.1) is 11.3 Å². The molecule has 162 valence electrons. The lowest BCUT2D eigenvalue weighted by Crippen LogP contribution is -2.26. The highest BCUT2D eigenvalue weighted by molar-refractivity contribution is 7.21. The van der Waals surface area contributed by atoms with E-state index in [1.54, 1.807) is 11.3 Å². The summed E-state index contributed by atoms with van der Waals surface area (Å²) in [6, 6.07) is 2.33. The maximum Gasteiger partial charge on any atom is 0.268 e. The van der Waals surface area contributed by atoms with Gasteiger partial charge < -0.3 is 11.1 Å². The van der Waals surface area contributed by atoms with E-state index in [2.05, 4.69) is 37.1 Å². The molecule has 5 nitrogen and oxygen atoms in total. The van der Waals surface area contributed by atoms with Gasteiger partial charge in [-0.25, -0.2) is 4.98 Å². The number of nitrogens with one attached hydrogen (secondary N) is 1. The van der Waals surface area contributed by atoms with Gasteiger partial charge in [-0.2, -0.15) is 5.26 Å². The molecular formula is C24H28N4OS2. The molecule has 7 heteroatoms. The summed E-state index contributed by atoms with van der Waals surface area (Å²) in [5.74, 6) is 0.310. The van der Waals surface area contributed by atoms with E-state index in [9.17, 15) is 10.1 Å². The van der Waals surface area contributed by atoms with Crippen molar-refractivity contribution in [3.63, 3.8) is 0 Å². The van der Waals surface area contributed by atoms with Crippen LogP contribution in [0.3, 0.4) is 0 Å². The summed E-state index contributed by atoms with van der Waals surface area (Å²) in [6.45, 7) is 12.8. The Balaban J connectivity index is 1.69. The van der Waals surface area contributed by atoms with Gasteiger partial charge in [-0.15, -0.1) is 22.7 Å². The van der Waals surface area contributed by atoms with E-state index in [0.717, 1.165) is 51.9 Å². The predicted molar refractivity (Wildman–Crippen MR) is 130 cm³/mol. The van der Waals surface area contributed by atoms with E-state index < -0.39 is 0 Å². The Morgan fingerprint density at radius 3 is 2.58 bits per heavy atom. The van der Waals surface area contributed by atoms with Crippen molar-refractivity contribution >= 4 is 49.5 Å². The molecule has 1 amide bonds. The van der Waals surface area contributed by atoms with Gasteiger partial charge in [0.2, 0.25) is 0 Å². The summed E-state index contributed by atoms with van der Waals surface area (Å²) in [5.41, 5.74) is 11.9. The second-order valence-corrected chi connectivity index (χ2v) is 11.7. The minimum Gasteiger partial charge on any atom is -0.397 e. The number of anilines is 2. The summed E-state index contributed by atoms with van der Waals surface area (Å²) in [6.07, 6.45) is 2.92. The largest absolute Gasteiger partial charge is 0.397 e. The lowest BCUT2D eigenvalue weighted by atomic mass is 9.72. The number of aromatic nitrogens is 1. The zero-order chi connectivity index (χ0) is 22.7. The van der Waals surface area contributed by atoms with Crippen LogP contribution in [0.5, 0.6) is 0 Å². The fourth-order valence-corrected chi connectivity index (χ4v) is 6.80. The Kier molecular flexibility index (Phi) is 5.35. The van der Waals surface area contributed by atoms with Gasteiger partial charge in [-0.1, -0.05) is 20.8 Å². The summed E-state index contributed by atoms with van der Waals surface area (Å²) < 4.78 is 0. The zero-order valence-electron chi connectivity index (χ0n) is 18.9. The molecule has 0 saturated carbocycles. The number of aryl methyl sites for hydroxylation is 2. The highest BCUT2D eigenvalue weighted by atomic mass is 32.1. The first kappa shape index (κ1) is 21.8. The van der Waals surface area contributed by atoms with Crippen molar-refractivity contribution < 1.29 is 4.79 Å². The molecule has 0 saturated heterocycles. The van der Waals surface area contributed by atoms with Crippen LogP contribution in [-0.4, -0.2) is 10.9 Å². The van der Waals surface area contributed by atoms with Gasteiger partial charge in [0.1, 0.15) is 20.8 Å². The van der Waals surface area contributed by atoms with Crippen LogP contribution in [-0.2, 0) is 12.8 Å². The SMILES string of the molecule is Cc1nc2sc(C(=O)Nc3sc4c(c3C#N)CCC(C(C)(C)C)C4)c(N)c2c(C)c1C. The number of thiophene rings is 2.